The molecule has 0 aromatic heterocycles. The first kappa shape index (κ1) is 17.4. The minimum atomic E-state index is -0.122. The van der Waals surface area contributed by atoms with Crippen molar-refractivity contribution in [1.29, 1.82) is 0 Å². The van der Waals surface area contributed by atoms with Crippen molar-refractivity contribution in [3.63, 3.8) is 0 Å². The fraction of sp³-hybridized carbons (Fsp3) is 0.263. The number of thiocarbonyl (C=S) groups is 1. The van der Waals surface area contributed by atoms with Gasteiger partial charge in [-0.1, -0.05) is 6.07 Å². The fourth-order valence-corrected chi connectivity index (χ4v) is 3.45. The lowest BCUT2D eigenvalue weighted by Crippen LogP contribution is -2.31. The van der Waals surface area contributed by atoms with Gasteiger partial charge in [-0.15, -0.1) is 0 Å². The number of hydrazone groups is 1. The van der Waals surface area contributed by atoms with Gasteiger partial charge in [-0.2, -0.15) is 5.10 Å². The summed E-state index contributed by atoms with van der Waals surface area (Å²) in [4.78, 5) is 0. The van der Waals surface area contributed by atoms with E-state index < -0.39 is 0 Å². The number of nitrogens with zero attached hydrogens (tertiary/aromatic N) is 2. The maximum atomic E-state index is 5.93. The van der Waals surface area contributed by atoms with E-state index in [-0.39, 0.29) is 17.9 Å². The van der Waals surface area contributed by atoms with Crippen LogP contribution < -0.4 is 24.7 Å². The van der Waals surface area contributed by atoms with Crippen LogP contribution in [-0.4, -0.2) is 36.8 Å². The van der Waals surface area contributed by atoms with Gasteiger partial charge in [0.25, 0.3) is 0 Å². The lowest BCUT2D eigenvalue weighted by Gasteiger charge is -2.22. The van der Waals surface area contributed by atoms with Crippen molar-refractivity contribution in [2.45, 2.75) is 12.5 Å². The molecule has 8 heteroatoms. The van der Waals surface area contributed by atoms with E-state index in [2.05, 4.69) is 5.10 Å². The molecule has 0 spiro atoms. The zero-order valence-electron chi connectivity index (χ0n) is 15.0. The predicted molar refractivity (Wildman–Crippen MR) is 105 cm³/mol. The van der Waals surface area contributed by atoms with Crippen molar-refractivity contribution in [2.75, 3.05) is 21.0 Å². The average Bonchev–Trinajstić information content (AvgIpc) is 3.33. The highest BCUT2D eigenvalue weighted by Crippen LogP contribution is 2.39. The molecule has 1 unspecified atom stereocenters. The summed E-state index contributed by atoms with van der Waals surface area (Å²) >= 11 is 5.22. The van der Waals surface area contributed by atoms with Crippen LogP contribution in [0.25, 0.3) is 0 Å². The average molecular weight is 385 g/mol. The minimum Gasteiger partial charge on any atom is -0.493 e. The molecule has 27 heavy (non-hydrogen) atoms. The Morgan fingerprint density at radius 2 is 1.89 bits per heavy atom. The van der Waals surface area contributed by atoms with Crippen LogP contribution in [0, 0.1) is 0 Å². The quantitative estimate of drug-likeness (QED) is 0.811. The third-order valence-corrected chi connectivity index (χ3v) is 4.82. The molecule has 140 valence electrons. The highest BCUT2D eigenvalue weighted by molar-refractivity contribution is 7.80. The molecule has 2 N–H and O–H groups in total. The Balaban J connectivity index is 1.67. The van der Waals surface area contributed by atoms with Crippen LogP contribution >= 0.6 is 12.2 Å². The molecule has 2 aliphatic rings. The van der Waals surface area contributed by atoms with Gasteiger partial charge in [0.05, 0.1) is 26.0 Å². The van der Waals surface area contributed by atoms with E-state index in [1.54, 1.807) is 19.2 Å². The van der Waals surface area contributed by atoms with Crippen LogP contribution in [0.4, 0.5) is 0 Å². The van der Waals surface area contributed by atoms with Gasteiger partial charge in [0, 0.05) is 12.0 Å². The summed E-state index contributed by atoms with van der Waals surface area (Å²) in [6.45, 7) is 0.235. The molecule has 0 saturated heterocycles. The number of rotatable bonds is 4. The first-order chi connectivity index (χ1) is 13.1. The Hall–Kier alpha value is -3.00. The molecular weight excluding hydrogens is 366 g/mol. The van der Waals surface area contributed by atoms with Crippen LogP contribution in [0.5, 0.6) is 23.0 Å². The third kappa shape index (κ3) is 3.12. The Bertz CT molecular complexity index is 931. The third-order valence-electron chi connectivity index (χ3n) is 4.63. The summed E-state index contributed by atoms with van der Waals surface area (Å²) in [7, 11) is 3.21. The molecule has 7 nitrogen and oxygen atoms in total. The van der Waals surface area contributed by atoms with Gasteiger partial charge in [-0.3, -0.25) is 0 Å². The van der Waals surface area contributed by atoms with Gasteiger partial charge in [0.15, 0.2) is 28.1 Å². The monoisotopic (exact) mass is 385 g/mol. The van der Waals surface area contributed by atoms with Gasteiger partial charge in [0.2, 0.25) is 6.79 Å². The van der Waals surface area contributed by atoms with Crippen LogP contribution in [0.3, 0.4) is 0 Å². The summed E-state index contributed by atoms with van der Waals surface area (Å²) in [6, 6.07) is 11.4. The van der Waals surface area contributed by atoms with Crippen molar-refractivity contribution >= 4 is 23.0 Å². The summed E-state index contributed by atoms with van der Waals surface area (Å²) in [6.07, 6.45) is 0.645. The van der Waals surface area contributed by atoms with Crippen LogP contribution in [0.2, 0.25) is 0 Å². The second kappa shape index (κ2) is 6.96. The van der Waals surface area contributed by atoms with Crippen molar-refractivity contribution < 1.29 is 18.9 Å². The lowest BCUT2D eigenvalue weighted by atomic mass is 9.98. The SMILES string of the molecule is COc1ccc(C2CC(c3ccc4c(c3)OCO4)=NN2C(N)=S)cc1OC. The van der Waals surface area contributed by atoms with Gasteiger partial charge >= 0.3 is 0 Å². The van der Waals surface area contributed by atoms with Crippen LogP contribution in [-0.2, 0) is 0 Å². The van der Waals surface area contributed by atoms with Crippen LogP contribution in [0.1, 0.15) is 23.6 Å². The molecule has 2 aliphatic heterocycles. The molecular formula is C19H19N3O4S. The van der Waals surface area contributed by atoms with E-state index in [0.717, 1.165) is 22.6 Å². The summed E-state index contributed by atoms with van der Waals surface area (Å²) in [5.74, 6) is 2.76. The number of methoxy groups -OCH3 is 2. The molecule has 2 aromatic rings. The maximum absolute atomic E-state index is 5.93. The molecule has 0 aliphatic carbocycles. The molecule has 2 heterocycles. The number of ether oxygens (including phenoxy) is 4. The Kier molecular flexibility index (Phi) is 4.49. The zero-order valence-corrected chi connectivity index (χ0v) is 15.8. The van der Waals surface area contributed by atoms with Crippen molar-refractivity contribution in [1.82, 2.24) is 5.01 Å². The van der Waals surface area contributed by atoms with E-state index in [1.807, 2.05) is 36.4 Å². The molecule has 1 atom stereocenters. The fourth-order valence-electron chi connectivity index (χ4n) is 3.28. The first-order valence-electron chi connectivity index (χ1n) is 8.39. The Morgan fingerprint density at radius 3 is 2.63 bits per heavy atom. The molecule has 0 saturated carbocycles. The van der Waals surface area contributed by atoms with Gasteiger partial charge in [-0.05, 0) is 48.1 Å². The number of nitrogens with two attached hydrogens (primary N) is 1. The highest BCUT2D eigenvalue weighted by atomic mass is 32.1. The van der Waals surface area contributed by atoms with E-state index in [4.69, 9.17) is 36.9 Å². The standard InChI is InChI=1S/C19H19N3O4S/c1-23-15-5-4-12(8-17(15)24-2)14-9-13(21-22(14)19(20)27)11-3-6-16-18(7-11)26-10-25-16/h3-8,14H,9-10H2,1-2H3,(H2,20,27). The normalized spacial score (nSPS) is 17.6. The Morgan fingerprint density at radius 1 is 1.11 bits per heavy atom. The summed E-state index contributed by atoms with van der Waals surface area (Å²) in [5, 5.41) is 6.53. The van der Waals surface area contributed by atoms with Crippen molar-refractivity contribution in [3.8, 4) is 23.0 Å². The summed E-state index contributed by atoms with van der Waals surface area (Å²) in [5.41, 5.74) is 8.74. The largest absolute Gasteiger partial charge is 0.493 e. The van der Waals surface area contributed by atoms with Gasteiger partial charge in [-0.25, -0.2) is 5.01 Å². The minimum absolute atomic E-state index is 0.122. The molecule has 0 amide bonds. The van der Waals surface area contributed by atoms with Gasteiger partial charge in [0.1, 0.15) is 0 Å². The zero-order chi connectivity index (χ0) is 19.0. The van der Waals surface area contributed by atoms with Crippen LogP contribution in [0.15, 0.2) is 41.5 Å². The second-order valence-corrected chi connectivity index (χ2v) is 6.55. The van der Waals surface area contributed by atoms with Gasteiger partial charge < -0.3 is 24.7 Å². The topological polar surface area (TPSA) is 78.5 Å². The highest BCUT2D eigenvalue weighted by Gasteiger charge is 2.31. The number of hydrogen-bond donors (Lipinski definition) is 1. The number of hydrogen-bond acceptors (Lipinski definition) is 6. The number of fused-ring (bicyclic) bond motifs is 1. The van der Waals surface area contributed by atoms with E-state index >= 15 is 0 Å². The molecule has 0 fully saturated rings. The second-order valence-electron chi connectivity index (χ2n) is 6.13. The first-order valence-corrected chi connectivity index (χ1v) is 8.79. The molecule has 4 rings (SSSR count). The predicted octanol–water partition coefficient (Wildman–Crippen LogP) is 2.83. The lowest BCUT2D eigenvalue weighted by molar-refractivity contribution is 0.174. The van der Waals surface area contributed by atoms with E-state index in [0.29, 0.717) is 23.7 Å². The van der Waals surface area contributed by atoms with Crippen molar-refractivity contribution in [2.24, 2.45) is 10.8 Å². The Labute approximate surface area is 162 Å². The van der Waals surface area contributed by atoms with E-state index in [9.17, 15) is 0 Å². The maximum Gasteiger partial charge on any atom is 0.231 e. The molecule has 2 aromatic carbocycles. The summed E-state index contributed by atoms with van der Waals surface area (Å²) < 4.78 is 21.6. The van der Waals surface area contributed by atoms with E-state index in [1.165, 1.54) is 0 Å². The number of benzene rings is 2. The molecule has 0 bridgehead atoms. The smallest absolute Gasteiger partial charge is 0.231 e. The van der Waals surface area contributed by atoms with Crippen molar-refractivity contribution in [3.05, 3.63) is 47.5 Å². The molecule has 0 radical (unpaired) electrons.